The Balaban J connectivity index is 1.32. The average molecular weight is 402 g/mol. The number of hydrogen-bond acceptors (Lipinski definition) is 4. The van der Waals surface area contributed by atoms with Crippen molar-refractivity contribution < 1.29 is 19.1 Å². The number of amides is 2. The van der Waals surface area contributed by atoms with Crippen molar-refractivity contribution >= 4 is 23.2 Å². The SMILES string of the molecule is O=C(CCc1ccc2c(c1)OCCO2)Nc1cccc(NC(=O)c2ccccc2)c1. The van der Waals surface area contributed by atoms with Gasteiger partial charge in [-0.2, -0.15) is 0 Å². The minimum atomic E-state index is -0.197. The van der Waals surface area contributed by atoms with Gasteiger partial charge in [-0.25, -0.2) is 0 Å². The lowest BCUT2D eigenvalue weighted by atomic mass is 10.1. The molecule has 6 heteroatoms. The zero-order valence-corrected chi connectivity index (χ0v) is 16.4. The van der Waals surface area contributed by atoms with Gasteiger partial charge in [-0.15, -0.1) is 0 Å². The molecule has 152 valence electrons. The van der Waals surface area contributed by atoms with Gasteiger partial charge in [-0.1, -0.05) is 30.3 Å². The Hall–Kier alpha value is -3.80. The number of benzene rings is 3. The van der Waals surface area contributed by atoms with Crippen molar-refractivity contribution in [3.8, 4) is 11.5 Å². The second-order valence-corrected chi connectivity index (χ2v) is 6.93. The van der Waals surface area contributed by atoms with Gasteiger partial charge in [-0.05, 0) is 54.4 Å². The van der Waals surface area contributed by atoms with Crippen LogP contribution in [0.25, 0.3) is 0 Å². The summed E-state index contributed by atoms with van der Waals surface area (Å²) in [5.41, 5.74) is 2.84. The van der Waals surface area contributed by atoms with Crippen molar-refractivity contribution in [1.29, 1.82) is 0 Å². The largest absolute Gasteiger partial charge is 0.486 e. The van der Waals surface area contributed by atoms with E-state index in [-0.39, 0.29) is 11.8 Å². The summed E-state index contributed by atoms with van der Waals surface area (Å²) in [4.78, 5) is 24.7. The molecule has 0 aliphatic carbocycles. The molecule has 4 rings (SSSR count). The first-order chi connectivity index (χ1) is 14.7. The molecule has 3 aromatic carbocycles. The van der Waals surface area contributed by atoms with Gasteiger partial charge in [-0.3, -0.25) is 9.59 Å². The summed E-state index contributed by atoms with van der Waals surface area (Å²) < 4.78 is 11.1. The molecule has 2 N–H and O–H groups in total. The van der Waals surface area contributed by atoms with Crippen molar-refractivity contribution in [2.45, 2.75) is 12.8 Å². The topological polar surface area (TPSA) is 76.7 Å². The molecule has 0 saturated carbocycles. The third kappa shape index (κ3) is 4.97. The molecule has 1 heterocycles. The van der Waals surface area contributed by atoms with Crippen LogP contribution in [0.4, 0.5) is 11.4 Å². The summed E-state index contributed by atoms with van der Waals surface area (Å²) in [6.45, 7) is 1.09. The van der Waals surface area contributed by atoms with E-state index in [1.54, 1.807) is 36.4 Å². The lowest BCUT2D eigenvalue weighted by Crippen LogP contribution is -2.16. The minimum Gasteiger partial charge on any atom is -0.486 e. The van der Waals surface area contributed by atoms with Gasteiger partial charge in [0.1, 0.15) is 13.2 Å². The van der Waals surface area contributed by atoms with Crippen molar-refractivity contribution in [2.75, 3.05) is 23.8 Å². The minimum absolute atomic E-state index is 0.101. The van der Waals surface area contributed by atoms with Crippen LogP contribution in [0.2, 0.25) is 0 Å². The summed E-state index contributed by atoms with van der Waals surface area (Å²) in [5.74, 6) is 1.17. The molecule has 0 fully saturated rings. The van der Waals surface area contributed by atoms with Crippen LogP contribution in [0.1, 0.15) is 22.3 Å². The Morgan fingerprint density at radius 3 is 2.30 bits per heavy atom. The molecule has 0 radical (unpaired) electrons. The maximum absolute atomic E-state index is 12.4. The quantitative estimate of drug-likeness (QED) is 0.645. The summed E-state index contributed by atoms with van der Waals surface area (Å²) in [7, 11) is 0. The summed E-state index contributed by atoms with van der Waals surface area (Å²) in [6.07, 6.45) is 0.924. The number of aryl methyl sites for hydroxylation is 1. The molecular weight excluding hydrogens is 380 g/mol. The molecule has 1 aliphatic rings. The molecule has 0 aromatic heterocycles. The van der Waals surface area contributed by atoms with E-state index in [2.05, 4.69) is 10.6 Å². The first-order valence-electron chi connectivity index (χ1n) is 9.82. The molecule has 0 atom stereocenters. The monoisotopic (exact) mass is 402 g/mol. The van der Waals surface area contributed by atoms with Gasteiger partial charge >= 0.3 is 0 Å². The molecule has 0 spiro atoms. The Morgan fingerprint density at radius 1 is 0.767 bits per heavy atom. The van der Waals surface area contributed by atoms with Gasteiger partial charge < -0.3 is 20.1 Å². The van der Waals surface area contributed by atoms with E-state index in [4.69, 9.17) is 9.47 Å². The van der Waals surface area contributed by atoms with Gasteiger partial charge in [0.25, 0.3) is 5.91 Å². The van der Waals surface area contributed by atoms with Gasteiger partial charge in [0.05, 0.1) is 0 Å². The lowest BCUT2D eigenvalue weighted by molar-refractivity contribution is -0.116. The van der Waals surface area contributed by atoms with E-state index in [1.165, 1.54) is 0 Å². The number of ether oxygens (including phenoxy) is 2. The third-order valence-electron chi connectivity index (χ3n) is 4.69. The predicted octanol–water partition coefficient (Wildman–Crippen LogP) is 4.28. The van der Waals surface area contributed by atoms with E-state index in [0.717, 1.165) is 17.1 Å². The highest BCUT2D eigenvalue weighted by Crippen LogP contribution is 2.31. The first kappa shape index (κ1) is 19.5. The van der Waals surface area contributed by atoms with E-state index < -0.39 is 0 Å². The first-order valence-corrected chi connectivity index (χ1v) is 9.82. The molecule has 0 bridgehead atoms. The van der Waals surface area contributed by atoms with Crippen LogP contribution in [0.5, 0.6) is 11.5 Å². The van der Waals surface area contributed by atoms with Crippen LogP contribution >= 0.6 is 0 Å². The maximum atomic E-state index is 12.4. The summed E-state index contributed by atoms with van der Waals surface area (Å²) in [5, 5.41) is 5.72. The fourth-order valence-corrected chi connectivity index (χ4v) is 3.19. The van der Waals surface area contributed by atoms with Crippen LogP contribution in [0.15, 0.2) is 72.8 Å². The second kappa shape index (κ2) is 9.13. The Kier molecular flexibility index (Phi) is 5.94. The van der Waals surface area contributed by atoms with Crippen molar-refractivity contribution in [3.05, 3.63) is 83.9 Å². The van der Waals surface area contributed by atoms with Crippen LogP contribution in [-0.4, -0.2) is 25.0 Å². The van der Waals surface area contributed by atoms with E-state index in [1.807, 2.05) is 36.4 Å². The Bertz CT molecular complexity index is 1050. The van der Waals surface area contributed by atoms with Crippen molar-refractivity contribution in [3.63, 3.8) is 0 Å². The zero-order chi connectivity index (χ0) is 20.8. The number of fused-ring (bicyclic) bond motifs is 1. The number of rotatable bonds is 6. The number of carbonyl (C=O) groups is 2. The molecule has 0 saturated heterocycles. The van der Waals surface area contributed by atoms with E-state index >= 15 is 0 Å². The second-order valence-electron chi connectivity index (χ2n) is 6.93. The van der Waals surface area contributed by atoms with Crippen LogP contribution in [0.3, 0.4) is 0 Å². The fourth-order valence-electron chi connectivity index (χ4n) is 3.19. The average Bonchev–Trinajstić information content (AvgIpc) is 2.78. The highest BCUT2D eigenvalue weighted by molar-refractivity contribution is 6.04. The fraction of sp³-hybridized carbons (Fsp3) is 0.167. The van der Waals surface area contributed by atoms with Gasteiger partial charge in [0.15, 0.2) is 11.5 Å². The molecule has 0 unspecified atom stereocenters. The molecule has 3 aromatic rings. The highest BCUT2D eigenvalue weighted by Gasteiger charge is 2.12. The standard InChI is InChI=1S/C24H22N2O4/c27-23(12-10-17-9-11-21-22(15-17)30-14-13-29-21)25-19-7-4-8-20(16-19)26-24(28)18-5-2-1-3-6-18/h1-9,11,15-16H,10,12-14H2,(H,25,27)(H,26,28). The molecule has 1 aliphatic heterocycles. The smallest absolute Gasteiger partial charge is 0.255 e. The van der Waals surface area contributed by atoms with Crippen LogP contribution < -0.4 is 20.1 Å². The summed E-state index contributed by atoms with van der Waals surface area (Å²) in [6, 6.07) is 21.8. The number of nitrogens with one attached hydrogen (secondary N) is 2. The Labute approximate surface area is 174 Å². The predicted molar refractivity (Wildman–Crippen MR) is 115 cm³/mol. The van der Waals surface area contributed by atoms with Crippen molar-refractivity contribution in [1.82, 2.24) is 0 Å². The Morgan fingerprint density at radius 2 is 1.50 bits per heavy atom. The van der Waals surface area contributed by atoms with E-state index in [9.17, 15) is 9.59 Å². The third-order valence-corrected chi connectivity index (χ3v) is 4.69. The highest BCUT2D eigenvalue weighted by atomic mass is 16.6. The maximum Gasteiger partial charge on any atom is 0.255 e. The van der Waals surface area contributed by atoms with Crippen LogP contribution in [-0.2, 0) is 11.2 Å². The molecular formula is C24H22N2O4. The summed E-state index contributed by atoms with van der Waals surface area (Å²) >= 11 is 0. The molecule has 30 heavy (non-hydrogen) atoms. The number of anilines is 2. The normalized spacial score (nSPS) is 12.1. The van der Waals surface area contributed by atoms with E-state index in [0.29, 0.717) is 43.0 Å². The van der Waals surface area contributed by atoms with Gasteiger partial charge in [0, 0.05) is 23.4 Å². The number of hydrogen-bond donors (Lipinski definition) is 2. The van der Waals surface area contributed by atoms with Crippen molar-refractivity contribution in [2.24, 2.45) is 0 Å². The molecule has 6 nitrogen and oxygen atoms in total. The number of carbonyl (C=O) groups excluding carboxylic acids is 2. The van der Waals surface area contributed by atoms with Crippen LogP contribution in [0, 0.1) is 0 Å². The van der Waals surface area contributed by atoms with Gasteiger partial charge in [0.2, 0.25) is 5.91 Å². The lowest BCUT2D eigenvalue weighted by Gasteiger charge is -2.18. The zero-order valence-electron chi connectivity index (χ0n) is 16.4. The molecule has 2 amide bonds.